The van der Waals surface area contributed by atoms with Crippen molar-refractivity contribution in [2.45, 2.75) is 26.4 Å². The zero-order valence-corrected chi connectivity index (χ0v) is 13.0. The van der Waals surface area contributed by atoms with Crippen LogP contribution >= 0.6 is 11.3 Å². The smallest absolute Gasteiger partial charge is 0.339 e. The van der Waals surface area contributed by atoms with E-state index in [9.17, 15) is 9.90 Å². The SMILES string of the molecule is COc1ccc([C@H](C)NCc2nc(C)cs2)cc1C(=O)O. The van der Waals surface area contributed by atoms with Crippen LogP contribution in [-0.4, -0.2) is 23.2 Å². The number of nitrogens with zero attached hydrogens (tertiary/aromatic N) is 1. The van der Waals surface area contributed by atoms with Crippen molar-refractivity contribution < 1.29 is 14.6 Å². The fourth-order valence-electron chi connectivity index (χ4n) is 2.00. The number of ether oxygens (including phenoxy) is 1. The molecule has 0 fully saturated rings. The molecule has 0 aliphatic carbocycles. The predicted octanol–water partition coefficient (Wildman–Crippen LogP) is 3.01. The Kier molecular flexibility index (Phi) is 4.93. The van der Waals surface area contributed by atoms with Crippen LogP contribution in [0.3, 0.4) is 0 Å². The predicted molar refractivity (Wildman–Crippen MR) is 82.1 cm³/mol. The monoisotopic (exact) mass is 306 g/mol. The number of carboxylic acid groups (broad SMARTS) is 1. The van der Waals surface area contributed by atoms with Gasteiger partial charge in [0.15, 0.2) is 0 Å². The number of rotatable bonds is 6. The van der Waals surface area contributed by atoms with E-state index in [1.807, 2.05) is 25.3 Å². The van der Waals surface area contributed by atoms with E-state index < -0.39 is 5.97 Å². The first-order valence-electron chi connectivity index (χ1n) is 6.57. The number of aromatic nitrogens is 1. The zero-order chi connectivity index (χ0) is 15.4. The van der Waals surface area contributed by atoms with Crippen molar-refractivity contribution in [1.29, 1.82) is 0 Å². The number of aryl methyl sites for hydroxylation is 1. The summed E-state index contributed by atoms with van der Waals surface area (Å²) in [5.41, 5.74) is 2.09. The maximum absolute atomic E-state index is 11.2. The molecule has 1 heterocycles. The minimum atomic E-state index is -0.989. The summed E-state index contributed by atoms with van der Waals surface area (Å²) >= 11 is 1.61. The number of hydrogen-bond acceptors (Lipinski definition) is 5. The standard InChI is InChI=1S/C15H18N2O3S/c1-9-8-21-14(17-9)7-16-10(2)11-4-5-13(20-3)12(6-11)15(18)19/h4-6,8,10,16H,7H2,1-3H3,(H,18,19)/t10-/m0/s1. The van der Waals surface area contributed by atoms with Crippen molar-refractivity contribution in [2.24, 2.45) is 0 Å². The van der Waals surface area contributed by atoms with E-state index >= 15 is 0 Å². The molecular formula is C15H18N2O3S. The maximum Gasteiger partial charge on any atom is 0.339 e. The third-order valence-corrected chi connectivity index (χ3v) is 4.15. The van der Waals surface area contributed by atoms with Gasteiger partial charge in [0, 0.05) is 23.7 Å². The van der Waals surface area contributed by atoms with Crippen LogP contribution in [-0.2, 0) is 6.54 Å². The average molecular weight is 306 g/mol. The molecule has 0 aliphatic heterocycles. The molecule has 2 rings (SSSR count). The van der Waals surface area contributed by atoms with Gasteiger partial charge >= 0.3 is 5.97 Å². The molecule has 0 radical (unpaired) electrons. The first-order chi connectivity index (χ1) is 10.0. The van der Waals surface area contributed by atoms with Crippen molar-refractivity contribution in [2.75, 3.05) is 7.11 Å². The Hall–Kier alpha value is -1.92. The van der Waals surface area contributed by atoms with Crippen LogP contribution in [0.5, 0.6) is 5.75 Å². The van der Waals surface area contributed by atoms with Gasteiger partial charge in [-0.1, -0.05) is 6.07 Å². The van der Waals surface area contributed by atoms with E-state index in [0.29, 0.717) is 12.3 Å². The molecule has 5 nitrogen and oxygen atoms in total. The van der Waals surface area contributed by atoms with Crippen LogP contribution in [0.25, 0.3) is 0 Å². The molecule has 0 unspecified atom stereocenters. The normalized spacial score (nSPS) is 12.1. The minimum absolute atomic E-state index is 0.0261. The van der Waals surface area contributed by atoms with Crippen LogP contribution in [0.2, 0.25) is 0 Å². The highest BCUT2D eigenvalue weighted by molar-refractivity contribution is 7.09. The lowest BCUT2D eigenvalue weighted by molar-refractivity contribution is 0.0693. The highest BCUT2D eigenvalue weighted by Gasteiger charge is 2.14. The highest BCUT2D eigenvalue weighted by atomic mass is 32.1. The molecule has 1 aromatic heterocycles. The zero-order valence-electron chi connectivity index (χ0n) is 12.2. The Labute approximate surface area is 127 Å². The van der Waals surface area contributed by atoms with E-state index in [4.69, 9.17) is 4.74 Å². The van der Waals surface area contributed by atoms with Gasteiger partial charge in [-0.3, -0.25) is 0 Å². The van der Waals surface area contributed by atoms with Gasteiger partial charge in [0.1, 0.15) is 16.3 Å². The summed E-state index contributed by atoms with van der Waals surface area (Å²) in [4.78, 5) is 15.6. The van der Waals surface area contributed by atoms with Gasteiger partial charge in [-0.05, 0) is 31.5 Å². The summed E-state index contributed by atoms with van der Waals surface area (Å²) in [6.07, 6.45) is 0. The summed E-state index contributed by atoms with van der Waals surface area (Å²) in [5.74, 6) is -0.620. The molecule has 0 saturated carbocycles. The molecule has 112 valence electrons. The lowest BCUT2D eigenvalue weighted by Crippen LogP contribution is -2.18. The molecule has 2 N–H and O–H groups in total. The molecule has 21 heavy (non-hydrogen) atoms. The number of benzene rings is 1. The van der Waals surface area contributed by atoms with Gasteiger partial charge in [-0.15, -0.1) is 11.3 Å². The molecule has 1 atom stereocenters. The second kappa shape index (κ2) is 6.69. The van der Waals surface area contributed by atoms with Gasteiger partial charge in [-0.25, -0.2) is 9.78 Å². The van der Waals surface area contributed by atoms with E-state index in [-0.39, 0.29) is 11.6 Å². The Morgan fingerprint density at radius 2 is 2.29 bits per heavy atom. The Morgan fingerprint density at radius 3 is 2.86 bits per heavy atom. The largest absolute Gasteiger partial charge is 0.496 e. The summed E-state index contributed by atoms with van der Waals surface area (Å²) in [5, 5.41) is 15.6. The summed E-state index contributed by atoms with van der Waals surface area (Å²) in [6, 6.07) is 5.23. The first-order valence-corrected chi connectivity index (χ1v) is 7.45. The second-order valence-corrected chi connectivity index (χ2v) is 5.69. The van der Waals surface area contributed by atoms with Crippen LogP contribution in [0, 0.1) is 6.92 Å². The molecule has 0 bridgehead atoms. The molecule has 1 aromatic carbocycles. The summed E-state index contributed by atoms with van der Waals surface area (Å²) in [6.45, 7) is 4.62. The van der Waals surface area contributed by atoms with Crippen molar-refractivity contribution in [3.63, 3.8) is 0 Å². The van der Waals surface area contributed by atoms with Crippen molar-refractivity contribution in [1.82, 2.24) is 10.3 Å². The second-order valence-electron chi connectivity index (χ2n) is 4.75. The van der Waals surface area contributed by atoms with Crippen molar-refractivity contribution in [3.05, 3.63) is 45.4 Å². The van der Waals surface area contributed by atoms with Crippen LogP contribution < -0.4 is 10.1 Å². The van der Waals surface area contributed by atoms with E-state index in [1.54, 1.807) is 23.5 Å². The number of carboxylic acids is 1. The Morgan fingerprint density at radius 1 is 1.52 bits per heavy atom. The Bertz CT molecular complexity index is 640. The lowest BCUT2D eigenvalue weighted by Gasteiger charge is -2.15. The van der Waals surface area contributed by atoms with Crippen LogP contribution in [0.1, 0.15) is 39.6 Å². The molecule has 0 amide bonds. The average Bonchev–Trinajstić information content (AvgIpc) is 2.89. The molecule has 0 saturated heterocycles. The number of methoxy groups -OCH3 is 1. The number of hydrogen-bond donors (Lipinski definition) is 2. The van der Waals surface area contributed by atoms with Gasteiger partial charge in [-0.2, -0.15) is 0 Å². The fourth-order valence-corrected chi connectivity index (χ4v) is 2.73. The molecule has 2 aromatic rings. The van der Waals surface area contributed by atoms with Crippen LogP contribution in [0.4, 0.5) is 0 Å². The van der Waals surface area contributed by atoms with Crippen molar-refractivity contribution in [3.8, 4) is 5.75 Å². The van der Waals surface area contributed by atoms with E-state index in [2.05, 4.69) is 10.3 Å². The summed E-state index contributed by atoms with van der Waals surface area (Å²) < 4.78 is 5.06. The Balaban J connectivity index is 2.10. The molecular weight excluding hydrogens is 288 g/mol. The highest BCUT2D eigenvalue weighted by Crippen LogP contribution is 2.23. The number of thiazole rings is 1. The lowest BCUT2D eigenvalue weighted by atomic mass is 10.0. The quantitative estimate of drug-likeness (QED) is 0.858. The molecule has 6 heteroatoms. The van der Waals surface area contributed by atoms with Gasteiger partial charge in [0.25, 0.3) is 0 Å². The molecule has 0 spiro atoms. The van der Waals surface area contributed by atoms with Gasteiger partial charge in [0.05, 0.1) is 7.11 Å². The number of carbonyl (C=O) groups is 1. The maximum atomic E-state index is 11.2. The first kappa shape index (κ1) is 15.5. The number of aromatic carboxylic acids is 1. The minimum Gasteiger partial charge on any atom is -0.496 e. The van der Waals surface area contributed by atoms with E-state index in [1.165, 1.54) is 7.11 Å². The third-order valence-electron chi connectivity index (χ3n) is 3.18. The van der Waals surface area contributed by atoms with Gasteiger partial charge < -0.3 is 15.2 Å². The van der Waals surface area contributed by atoms with Gasteiger partial charge in [0.2, 0.25) is 0 Å². The number of nitrogens with one attached hydrogen (secondary N) is 1. The van der Waals surface area contributed by atoms with Crippen LogP contribution in [0.15, 0.2) is 23.6 Å². The summed E-state index contributed by atoms with van der Waals surface area (Å²) in [7, 11) is 1.47. The van der Waals surface area contributed by atoms with Crippen molar-refractivity contribution >= 4 is 17.3 Å². The fraction of sp³-hybridized carbons (Fsp3) is 0.333. The molecule has 0 aliphatic rings. The third kappa shape index (κ3) is 3.80. The van der Waals surface area contributed by atoms with E-state index in [0.717, 1.165) is 16.3 Å². The topological polar surface area (TPSA) is 71.5 Å².